The van der Waals surface area contributed by atoms with Gasteiger partial charge in [0.1, 0.15) is 0 Å². The Balaban J connectivity index is 1.49. The number of hydrogen-bond acceptors (Lipinski definition) is 14. The van der Waals surface area contributed by atoms with Gasteiger partial charge in [-0.1, -0.05) is 0 Å². The fraction of sp³-hybridized carbons (Fsp3) is 0.125. The fourth-order valence-electron chi connectivity index (χ4n) is 5.61. The van der Waals surface area contributed by atoms with Crippen LogP contribution in [0.15, 0.2) is 72.8 Å². The van der Waals surface area contributed by atoms with E-state index in [1.54, 1.807) is 48.5 Å². The van der Waals surface area contributed by atoms with Crippen LogP contribution in [0.1, 0.15) is 0 Å². The molecule has 8 bridgehead atoms. The second kappa shape index (κ2) is 12.1. The van der Waals surface area contributed by atoms with Gasteiger partial charge in [-0.25, -0.2) is 9.97 Å². The summed E-state index contributed by atoms with van der Waals surface area (Å²) in [5.41, 5.74) is 5.44. The van der Waals surface area contributed by atoms with Gasteiger partial charge in [0, 0.05) is 44.3 Å². The molecule has 20 heteroatoms. The highest BCUT2D eigenvalue weighted by Gasteiger charge is 2.26. The number of aromatic amines is 2. The molecule has 2 N–H and O–H groups in total. The quantitative estimate of drug-likeness (QED) is 0.204. The lowest BCUT2D eigenvalue weighted by Crippen LogP contribution is -2.11. The monoisotopic (exact) mass is 786 g/mol. The molecular weight excluding hydrogens is 761 g/mol. The number of fused-ring (bicyclic) bond motifs is 14. The Morgan fingerprint density at radius 2 is 0.596 bits per heavy atom. The van der Waals surface area contributed by atoms with Crippen molar-refractivity contribution in [1.82, 2.24) is 19.9 Å². The largest absolute Gasteiger partial charge is 0.379 e. The van der Waals surface area contributed by atoms with E-state index >= 15 is 0 Å². The summed E-state index contributed by atoms with van der Waals surface area (Å²) in [5, 5.41) is 0. The lowest BCUT2D eigenvalue weighted by molar-refractivity contribution is 0.455. The van der Waals surface area contributed by atoms with Crippen LogP contribution < -0.4 is 16.7 Å². The Morgan fingerprint density at radius 1 is 0.385 bits per heavy atom. The van der Waals surface area contributed by atoms with Crippen molar-refractivity contribution in [3.8, 4) is 68.0 Å². The van der Waals surface area contributed by atoms with Crippen LogP contribution in [0.4, 0.5) is 0 Å². The lowest BCUT2D eigenvalue weighted by atomic mass is 10.0. The van der Waals surface area contributed by atoms with Crippen molar-refractivity contribution in [3.63, 3.8) is 0 Å². The first-order valence-electron chi connectivity index (χ1n) is 14.8. The van der Waals surface area contributed by atoms with Crippen LogP contribution in [-0.4, -0.2) is 78.6 Å². The maximum absolute atomic E-state index is 12.1. The molecule has 16 nitrogen and oxygen atoms in total. The van der Waals surface area contributed by atoms with Crippen LogP contribution in [-0.2, 0) is 40.5 Å². The third-order valence-electron chi connectivity index (χ3n) is 7.35. The summed E-state index contributed by atoms with van der Waals surface area (Å²) in [6.07, 6.45) is 3.26. The molecule has 52 heavy (non-hydrogen) atoms. The van der Waals surface area contributed by atoms with Gasteiger partial charge in [0.25, 0.3) is 0 Å². The first-order chi connectivity index (χ1) is 24.1. The van der Waals surface area contributed by atoms with Crippen LogP contribution in [0.5, 0.6) is 23.0 Å². The van der Waals surface area contributed by atoms with Gasteiger partial charge < -0.3 is 26.7 Å². The second-order valence-corrected chi connectivity index (χ2v) is 18.2. The van der Waals surface area contributed by atoms with E-state index < -0.39 is 40.5 Å². The van der Waals surface area contributed by atoms with Crippen molar-refractivity contribution in [1.29, 1.82) is 0 Å². The molecule has 3 aromatic heterocycles. The van der Waals surface area contributed by atoms with E-state index in [0.717, 1.165) is 25.0 Å². The minimum absolute atomic E-state index is 0.355. The Hall–Kier alpha value is -5.44. The molecule has 0 atom stereocenters. The Morgan fingerprint density at radius 3 is 0.788 bits per heavy atom. The zero-order valence-electron chi connectivity index (χ0n) is 27.4. The second-order valence-electron chi connectivity index (χ2n) is 11.9. The van der Waals surface area contributed by atoms with E-state index in [9.17, 15) is 33.7 Å². The third-order valence-corrected chi connectivity index (χ3v) is 9.28. The summed E-state index contributed by atoms with van der Waals surface area (Å²) in [7, 11) is -16.4. The summed E-state index contributed by atoms with van der Waals surface area (Å²) in [5.74, 6) is -1.42. The molecule has 2 aliphatic heterocycles. The zero-order chi connectivity index (χ0) is 37.4. The van der Waals surface area contributed by atoms with Crippen LogP contribution in [0.2, 0.25) is 0 Å². The summed E-state index contributed by atoms with van der Waals surface area (Å²) in [6, 6.07) is 19.1. The highest BCUT2D eigenvalue weighted by Crippen LogP contribution is 2.46. The standard InChI is InChI=1S/C32H26N4O12S4/c1-49(37,38)45-29-13-21-22(14-30(29)46-50(2,39)40)26-10-18-7-8-20(34-18)12-28-24-16-32(48-52(4,43)44)31(47-51(3,41)42)15-23(24)27(36-28)11-19-6-5-17(33-19)9-25(21)35-26/h5-16,33-34H,1-4H3. The van der Waals surface area contributed by atoms with Gasteiger partial charge in [-0.2, -0.15) is 33.7 Å². The van der Waals surface area contributed by atoms with Crippen molar-refractivity contribution in [2.45, 2.75) is 0 Å². The number of nitrogens with one attached hydrogen (secondary N) is 2. The molecule has 2 aromatic carbocycles. The molecule has 0 aliphatic carbocycles. The molecule has 0 unspecified atom stereocenters. The predicted octanol–water partition coefficient (Wildman–Crippen LogP) is 4.34. The van der Waals surface area contributed by atoms with Gasteiger partial charge in [0.2, 0.25) is 0 Å². The molecule has 5 heterocycles. The van der Waals surface area contributed by atoms with E-state index in [1.165, 1.54) is 24.3 Å². The topological polar surface area (TPSA) is 231 Å². The van der Waals surface area contributed by atoms with E-state index in [2.05, 4.69) is 9.97 Å². The molecule has 7 rings (SSSR count). The third kappa shape index (κ3) is 7.73. The number of aromatic nitrogens is 4. The molecule has 2 aliphatic rings. The number of H-pyrrole nitrogens is 2. The Labute approximate surface area is 297 Å². The Bertz CT molecular complexity index is 2580. The molecule has 0 saturated heterocycles. The molecular formula is C32H26N4O12S4. The van der Waals surface area contributed by atoms with Crippen molar-refractivity contribution >= 4 is 62.5 Å². The van der Waals surface area contributed by atoms with Gasteiger partial charge in [-0.3, -0.25) is 0 Å². The van der Waals surface area contributed by atoms with Gasteiger partial charge in [0.15, 0.2) is 23.0 Å². The van der Waals surface area contributed by atoms with Gasteiger partial charge in [-0.15, -0.1) is 0 Å². The number of hydrogen-bond donors (Lipinski definition) is 2. The molecule has 0 radical (unpaired) electrons. The van der Waals surface area contributed by atoms with Crippen LogP contribution in [0, 0.1) is 0 Å². The molecule has 0 fully saturated rings. The van der Waals surface area contributed by atoms with E-state index in [1.807, 2.05) is 0 Å². The first-order valence-corrected chi connectivity index (χ1v) is 22.1. The van der Waals surface area contributed by atoms with Crippen molar-refractivity contribution in [2.24, 2.45) is 0 Å². The Kier molecular flexibility index (Phi) is 8.12. The minimum atomic E-state index is -4.10. The van der Waals surface area contributed by atoms with Crippen LogP contribution in [0.3, 0.4) is 0 Å². The summed E-state index contributed by atoms with van der Waals surface area (Å²) >= 11 is 0. The normalized spacial score (nSPS) is 12.8. The maximum Gasteiger partial charge on any atom is 0.306 e. The zero-order valence-corrected chi connectivity index (χ0v) is 30.6. The van der Waals surface area contributed by atoms with Crippen molar-refractivity contribution in [3.05, 3.63) is 72.8 Å². The molecule has 0 spiro atoms. The highest BCUT2D eigenvalue weighted by molar-refractivity contribution is 7.87. The lowest BCUT2D eigenvalue weighted by Gasteiger charge is -2.12. The number of benzene rings is 2. The molecule has 0 amide bonds. The van der Waals surface area contributed by atoms with Crippen molar-refractivity contribution < 1.29 is 50.4 Å². The summed E-state index contributed by atoms with van der Waals surface area (Å²) in [6.45, 7) is 0. The summed E-state index contributed by atoms with van der Waals surface area (Å²) in [4.78, 5) is 16.0. The SMILES string of the molecule is CS(=O)(=O)Oc1cc2c(cc1OS(C)(=O)=O)-c1cc3ccc(cc4nc(cc5ccc(cc-2n1)[nH]5)-c1cc(OS(C)(=O)=O)c(OS(C)(=O)=O)cc1-4)[nH]3. The van der Waals surface area contributed by atoms with Gasteiger partial charge >= 0.3 is 40.5 Å². The first kappa shape index (κ1) is 35.0. The smallest absolute Gasteiger partial charge is 0.306 e. The van der Waals surface area contributed by atoms with Gasteiger partial charge in [-0.05, 0) is 72.8 Å². The average molecular weight is 787 g/mol. The molecule has 5 aromatic rings. The average Bonchev–Trinajstić information content (AvgIpc) is 3.75. The number of rotatable bonds is 8. The highest BCUT2D eigenvalue weighted by atomic mass is 32.2. The summed E-state index contributed by atoms with van der Waals surface area (Å²) < 4.78 is 117. The van der Waals surface area contributed by atoms with Crippen molar-refractivity contribution in [2.75, 3.05) is 25.0 Å². The predicted molar refractivity (Wildman–Crippen MR) is 192 cm³/mol. The maximum atomic E-state index is 12.1. The fourth-order valence-corrected chi connectivity index (χ4v) is 7.43. The van der Waals surface area contributed by atoms with E-state index in [4.69, 9.17) is 26.7 Å². The molecule has 0 saturated carbocycles. The number of nitrogens with zero attached hydrogens (tertiary/aromatic N) is 2. The van der Waals surface area contributed by atoms with E-state index in [-0.39, 0.29) is 23.0 Å². The minimum Gasteiger partial charge on any atom is -0.379 e. The van der Waals surface area contributed by atoms with Gasteiger partial charge in [0.05, 0.1) is 47.8 Å². The molecule has 270 valence electrons. The van der Waals surface area contributed by atoms with Crippen LogP contribution in [0.25, 0.3) is 67.1 Å². The van der Waals surface area contributed by atoms with E-state index in [0.29, 0.717) is 67.1 Å². The van der Waals surface area contributed by atoms with Crippen LogP contribution >= 0.6 is 0 Å².